The lowest BCUT2D eigenvalue weighted by Crippen LogP contribution is -2.37. The fourth-order valence-electron chi connectivity index (χ4n) is 2.38. The van der Waals surface area contributed by atoms with Gasteiger partial charge in [-0.3, -0.25) is 0 Å². The summed E-state index contributed by atoms with van der Waals surface area (Å²) in [6.45, 7) is 2.07. The van der Waals surface area contributed by atoms with Crippen molar-refractivity contribution in [3.8, 4) is 5.75 Å². The first-order chi connectivity index (χ1) is 8.81. The highest BCUT2D eigenvalue weighted by molar-refractivity contribution is 9.10. The summed E-state index contributed by atoms with van der Waals surface area (Å²) < 4.78 is 7.13. The first-order valence-electron chi connectivity index (χ1n) is 6.38. The van der Waals surface area contributed by atoms with E-state index in [0.29, 0.717) is 6.10 Å². The summed E-state index contributed by atoms with van der Waals surface area (Å²) in [6.07, 6.45) is 2.66. The molecule has 18 heavy (non-hydrogen) atoms. The third-order valence-electron chi connectivity index (χ3n) is 3.33. The minimum atomic E-state index is 0.312. The summed E-state index contributed by atoms with van der Waals surface area (Å²) in [7, 11) is 0. The Hall–Kier alpha value is -1.06. The number of nitrogens with one attached hydrogen (secondary N) is 1. The predicted octanol–water partition coefficient (Wildman–Crippen LogP) is 3.73. The SMILES string of the molecule is Brc1ccc2cc(O[C@@H]3CCCNC3)ccc2c1. The number of halogens is 1. The second kappa shape index (κ2) is 5.29. The fraction of sp³-hybridized carbons (Fsp3) is 0.333. The van der Waals surface area contributed by atoms with Crippen LogP contribution in [0.3, 0.4) is 0 Å². The molecule has 1 aliphatic heterocycles. The molecule has 3 heteroatoms. The summed E-state index contributed by atoms with van der Waals surface area (Å²) in [5.41, 5.74) is 0. The first-order valence-corrected chi connectivity index (χ1v) is 7.17. The van der Waals surface area contributed by atoms with Crippen LogP contribution in [0.2, 0.25) is 0 Å². The highest BCUT2D eigenvalue weighted by Crippen LogP contribution is 2.25. The van der Waals surface area contributed by atoms with E-state index in [9.17, 15) is 0 Å². The van der Waals surface area contributed by atoms with Crippen LogP contribution in [-0.2, 0) is 0 Å². The van der Waals surface area contributed by atoms with Crippen LogP contribution in [0.5, 0.6) is 5.75 Å². The smallest absolute Gasteiger partial charge is 0.120 e. The monoisotopic (exact) mass is 305 g/mol. The molecule has 1 heterocycles. The average Bonchev–Trinajstić information content (AvgIpc) is 2.40. The Balaban J connectivity index is 1.82. The average molecular weight is 306 g/mol. The Labute approximate surface area is 115 Å². The molecule has 2 aromatic rings. The summed E-state index contributed by atoms with van der Waals surface area (Å²) in [6, 6.07) is 12.6. The fourth-order valence-corrected chi connectivity index (χ4v) is 2.76. The molecule has 0 saturated carbocycles. The van der Waals surface area contributed by atoms with Crippen molar-refractivity contribution in [2.24, 2.45) is 0 Å². The molecule has 2 nitrogen and oxygen atoms in total. The van der Waals surface area contributed by atoms with Crippen LogP contribution in [0.15, 0.2) is 40.9 Å². The molecule has 1 aliphatic rings. The van der Waals surface area contributed by atoms with Crippen LogP contribution >= 0.6 is 15.9 Å². The van der Waals surface area contributed by atoms with Gasteiger partial charge in [-0.1, -0.05) is 28.1 Å². The number of hydrogen-bond donors (Lipinski definition) is 1. The van der Waals surface area contributed by atoms with Crippen LogP contribution < -0.4 is 10.1 Å². The molecule has 3 rings (SSSR count). The van der Waals surface area contributed by atoms with Crippen molar-refractivity contribution in [2.45, 2.75) is 18.9 Å². The van der Waals surface area contributed by atoms with E-state index in [1.807, 2.05) is 0 Å². The van der Waals surface area contributed by atoms with E-state index in [-0.39, 0.29) is 0 Å². The Kier molecular flexibility index (Phi) is 3.52. The molecule has 0 aliphatic carbocycles. The molecule has 1 atom stereocenters. The van der Waals surface area contributed by atoms with Crippen LogP contribution in [0.25, 0.3) is 10.8 Å². The zero-order valence-electron chi connectivity index (χ0n) is 10.2. The molecule has 0 spiro atoms. The van der Waals surface area contributed by atoms with Gasteiger partial charge in [0.25, 0.3) is 0 Å². The van der Waals surface area contributed by atoms with Crippen molar-refractivity contribution in [1.82, 2.24) is 5.32 Å². The minimum absolute atomic E-state index is 0.312. The van der Waals surface area contributed by atoms with E-state index >= 15 is 0 Å². The van der Waals surface area contributed by atoms with Gasteiger partial charge in [-0.25, -0.2) is 0 Å². The number of ether oxygens (including phenoxy) is 1. The molecule has 1 saturated heterocycles. The largest absolute Gasteiger partial charge is 0.489 e. The Bertz CT molecular complexity index is 549. The molecule has 1 N–H and O–H groups in total. The van der Waals surface area contributed by atoms with Crippen molar-refractivity contribution in [2.75, 3.05) is 13.1 Å². The Morgan fingerprint density at radius 3 is 2.78 bits per heavy atom. The Morgan fingerprint density at radius 2 is 1.94 bits per heavy atom. The lowest BCUT2D eigenvalue weighted by atomic mass is 10.1. The van der Waals surface area contributed by atoms with Crippen LogP contribution in [0.1, 0.15) is 12.8 Å². The number of fused-ring (bicyclic) bond motifs is 1. The molecular formula is C15H16BrNO. The number of hydrogen-bond acceptors (Lipinski definition) is 2. The van der Waals surface area contributed by atoms with Gasteiger partial charge in [-0.05, 0) is 54.4 Å². The van der Waals surface area contributed by atoms with Gasteiger partial charge >= 0.3 is 0 Å². The second-order valence-electron chi connectivity index (χ2n) is 4.74. The van der Waals surface area contributed by atoms with E-state index in [0.717, 1.165) is 29.7 Å². The van der Waals surface area contributed by atoms with Crippen LogP contribution in [0, 0.1) is 0 Å². The highest BCUT2D eigenvalue weighted by atomic mass is 79.9. The highest BCUT2D eigenvalue weighted by Gasteiger charge is 2.14. The molecule has 2 aromatic carbocycles. The van der Waals surface area contributed by atoms with E-state index in [1.54, 1.807) is 0 Å². The zero-order valence-corrected chi connectivity index (χ0v) is 11.7. The van der Waals surface area contributed by atoms with E-state index < -0.39 is 0 Å². The Morgan fingerprint density at radius 1 is 1.11 bits per heavy atom. The summed E-state index contributed by atoms with van der Waals surface area (Å²) in [5.74, 6) is 0.971. The molecule has 0 aromatic heterocycles. The molecule has 1 fully saturated rings. The molecular weight excluding hydrogens is 290 g/mol. The number of rotatable bonds is 2. The maximum absolute atomic E-state index is 6.02. The summed E-state index contributed by atoms with van der Waals surface area (Å²) >= 11 is 3.49. The van der Waals surface area contributed by atoms with E-state index in [4.69, 9.17) is 4.74 Å². The van der Waals surface area contributed by atoms with Crippen molar-refractivity contribution >= 4 is 26.7 Å². The third-order valence-corrected chi connectivity index (χ3v) is 3.82. The van der Waals surface area contributed by atoms with Gasteiger partial charge in [-0.15, -0.1) is 0 Å². The predicted molar refractivity (Wildman–Crippen MR) is 78.2 cm³/mol. The summed E-state index contributed by atoms with van der Waals surface area (Å²) in [4.78, 5) is 0. The van der Waals surface area contributed by atoms with Crippen LogP contribution in [0.4, 0.5) is 0 Å². The van der Waals surface area contributed by atoms with Gasteiger partial charge in [-0.2, -0.15) is 0 Å². The third kappa shape index (κ3) is 2.68. The van der Waals surface area contributed by atoms with Gasteiger partial charge < -0.3 is 10.1 Å². The normalized spacial score (nSPS) is 19.9. The molecule has 0 amide bonds. The van der Waals surface area contributed by atoms with Gasteiger partial charge in [0, 0.05) is 11.0 Å². The van der Waals surface area contributed by atoms with Crippen molar-refractivity contribution in [3.63, 3.8) is 0 Å². The van der Waals surface area contributed by atoms with Crippen LogP contribution in [-0.4, -0.2) is 19.2 Å². The molecule has 0 radical (unpaired) electrons. The first kappa shape index (κ1) is 12.0. The maximum Gasteiger partial charge on any atom is 0.120 e. The lowest BCUT2D eigenvalue weighted by Gasteiger charge is -2.24. The lowest BCUT2D eigenvalue weighted by molar-refractivity contribution is 0.167. The number of piperidine rings is 1. The summed E-state index contributed by atoms with van der Waals surface area (Å²) in [5, 5.41) is 5.82. The molecule has 0 unspecified atom stereocenters. The van der Waals surface area contributed by atoms with Gasteiger partial charge in [0.15, 0.2) is 0 Å². The second-order valence-corrected chi connectivity index (χ2v) is 5.66. The topological polar surface area (TPSA) is 21.3 Å². The zero-order chi connectivity index (χ0) is 12.4. The van der Waals surface area contributed by atoms with Gasteiger partial charge in [0.05, 0.1) is 0 Å². The van der Waals surface area contributed by atoms with E-state index in [2.05, 4.69) is 57.6 Å². The van der Waals surface area contributed by atoms with Gasteiger partial charge in [0.1, 0.15) is 11.9 Å². The minimum Gasteiger partial charge on any atom is -0.489 e. The van der Waals surface area contributed by atoms with E-state index in [1.165, 1.54) is 17.2 Å². The molecule has 94 valence electrons. The van der Waals surface area contributed by atoms with Crippen molar-refractivity contribution in [3.05, 3.63) is 40.9 Å². The van der Waals surface area contributed by atoms with Crippen molar-refractivity contribution in [1.29, 1.82) is 0 Å². The quantitative estimate of drug-likeness (QED) is 0.913. The number of benzene rings is 2. The van der Waals surface area contributed by atoms with Gasteiger partial charge in [0.2, 0.25) is 0 Å². The standard InChI is InChI=1S/C15H16BrNO/c16-13-5-3-12-9-14(6-4-11(12)8-13)18-15-2-1-7-17-10-15/h3-6,8-9,15,17H,1-2,7,10H2/t15-/m1/s1. The maximum atomic E-state index is 6.02. The van der Waals surface area contributed by atoms with Crippen molar-refractivity contribution < 1.29 is 4.74 Å². The molecule has 0 bridgehead atoms.